The second kappa shape index (κ2) is 5.89. The van der Waals surface area contributed by atoms with E-state index in [0.29, 0.717) is 13.2 Å². The van der Waals surface area contributed by atoms with E-state index in [1.807, 2.05) is 19.2 Å². The van der Waals surface area contributed by atoms with E-state index >= 15 is 0 Å². The molecule has 0 bridgehead atoms. The molecular weight excluding hydrogens is 296 g/mol. The molecule has 0 aromatic carbocycles. The minimum absolute atomic E-state index is 0.0851. The Hall–Kier alpha value is -1.01. The predicted molar refractivity (Wildman–Crippen MR) is 90.1 cm³/mol. The Bertz CT molecular complexity index is 655. The van der Waals surface area contributed by atoms with Crippen LogP contribution in [-0.2, 0) is 11.3 Å². The van der Waals surface area contributed by atoms with Gasteiger partial charge in [-0.1, -0.05) is 13.8 Å². The fraction of sp³-hybridized carbons (Fsp3) is 0.588. The Morgan fingerprint density at radius 1 is 1.50 bits per heavy atom. The molecule has 3 rings (SSSR count). The van der Waals surface area contributed by atoms with Crippen LogP contribution in [0.4, 0.5) is 0 Å². The van der Waals surface area contributed by atoms with Gasteiger partial charge in [0.15, 0.2) is 0 Å². The summed E-state index contributed by atoms with van der Waals surface area (Å²) in [6.07, 6.45) is 2.97. The number of nitrogens with zero attached hydrogens (tertiary/aromatic N) is 1. The molecule has 5 heteroatoms. The lowest BCUT2D eigenvalue weighted by Crippen LogP contribution is -2.73. The molecule has 1 fully saturated rings. The highest BCUT2D eigenvalue weighted by Gasteiger charge is 2.60. The van der Waals surface area contributed by atoms with E-state index in [9.17, 15) is 5.11 Å². The highest BCUT2D eigenvalue weighted by Crippen LogP contribution is 2.51. The number of pyridine rings is 1. The summed E-state index contributed by atoms with van der Waals surface area (Å²) < 4.78 is 6.99. The molecule has 0 aliphatic heterocycles. The van der Waals surface area contributed by atoms with Crippen molar-refractivity contribution in [3.63, 3.8) is 0 Å². The second-order valence-electron chi connectivity index (χ2n) is 6.61. The van der Waals surface area contributed by atoms with Gasteiger partial charge in [0, 0.05) is 24.8 Å². The molecule has 1 saturated carbocycles. The van der Waals surface area contributed by atoms with Gasteiger partial charge in [-0.3, -0.25) is 4.98 Å². The van der Waals surface area contributed by atoms with Crippen LogP contribution in [0.1, 0.15) is 32.8 Å². The molecule has 0 unspecified atom stereocenters. The number of nitrogens with one attached hydrogen (secondary N) is 1. The summed E-state index contributed by atoms with van der Waals surface area (Å²) in [6.45, 7) is 7.91. The molecule has 0 saturated heterocycles. The molecular formula is C17H24N2O2S. The van der Waals surface area contributed by atoms with E-state index in [-0.39, 0.29) is 23.7 Å². The molecule has 2 aromatic heterocycles. The number of aromatic nitrogens is 1. The Morgan fingerprint density at radius 2 is 2.32 bits per heavy atom. The van der Waals surface area contributed by atoms with Crippen LogP contribution < -0.4 is 5.32 Å². The van der Waals surface area contributed by atoms with Crippen LogP contribution in [0.25, 0.3) is 10.2 Å². The summed E-state index contributed by atoms with van der Waals surface area (Å²) in [7, 11) is 0. The molecule has 0 spiro atoms. The maximum Gasteiger partial charge on any atom is 0.0809 e. The molecule has 1 aliphatic carbocycles. The summed E-state index contributed by atoms with van der Waals surface area (Å²) in [5.74, 6) is 0. The zero-order chi connectivity index (χ0) is 15.8. The standard InChI is InChI=1S/C17H24N2O2S/c1-4-21-15-8-17(11-20,16(15,2)3)19-10-12-7-14-13(18-9-12)5-6-22-14/h5-7,9,15,19-20H,4,8,10-11H2,1-3H3/t15-,17-/m0/s1. The van der Waals surface area contributed by atoms with Gasteiger partial charge >= 0.3 is 0 Å². The average molecular weight is 320 g/mol. The first-order valence-corrected chi connectivity index (χ1v) is 8.70. The molecule has 22 heavy (non-hydrogen) atoms. The minimum atomic E-state index is -0.281. The van der Waals surface area contributed by atoms with E-state index < -0.39 is 0 Å². The topological polar surface area (TPSA) is 54.4 Å². The first kappa shape index (κ1) is 15.9. The highest BCUT2D eigenvalue weighted by molar-refractivity contribution is 7.17. The van der Waals surface area contributed by atoms with Gasteiger partial charge in [0.05, 0.1) is 28.5 Å². The monoisotopic (exact) mass is 320 g/mol. The number of hydrogen-bond acceptors (Lipinski definition) is 5. The molecule has 2 heterocycles. The van der Waals surface area contributed by atoms with E-state index in [1.165, 1.54) is 4.70 Å². The van der Waals surface area contributed by atoms with Crippen molar-refractivity contribution in [3.05, 3.63) is 29.3 Å². The van der Waals surface area contributed by atoms with Crippen molar-refractivity contribution >= 4 is 21.6 Å². The SMILES string of the molecule is CCO[C@H]1C[C@@](CO)(NCc2cnc3ccsc3c2)C1(C)C. The van der Waals surface area contributed by atoms with Crippen molar-refractivity contribution < 1.29 is 9.84 Å². The van der Waals surface area contributed by atoms with Gasteiger partial charge in [-0.2, -0.15) is 0 Å². The van der Waals surface area contributed by atoms with Crippen LogP contribution in [0.2, 0.25) is 0 Å². The third-order valence-corrected chi connectivity index (χ3v) is 6.05. The number of hydrogen-bond donors (Lipinski definition) is 2. The molecule has 120 valence electrons. The lowest BCUT2D eigenvalue weighted by molar-refractivity contribution is -0.177. The van der Waals surface area contributed by atoms with E-state index in [0.717, 1.165) is 17.5 Å². The van der Waals surface area contributed by atoms with Gasteiger partial charge in [-0.25, -0.2) is 0 Å². The largest absolute Gasteiger partial charge is 0.394 e. The van der Waals surface area contributed by atoms with E-state index in [2.05, 4.69) is 35.6 Å². The number of thiophene rings is 1. The van der Waals surface area contributed by atoms with Crippen LogP contribution in [-0.4, -0.2) is 34.9 Å². The van der Waals surface area contributed by atoms with Gasteiger partial charge in [-0.15, -0.1) is 11.3 Å². The number of fused-ring (bicyclic) bond motifs is 1. The quantitative estimate of drug-likeness (QED) is 0.859. The molecule has 0 radical (unpaired) electrons. The maximum absolute atomic E-state index is 9.94. The van der Waals surface area contributed by atoms with Gasteiger partial charge in [0.2, 0.25) is 0 Å². The van der Waals surface area contributed by atoms with Crippen molar-refractivity contribution in [1.82, 2.24) is 10.3 Å². The fourth-order valence-corrected chi connectivity index (χ4v) is 4.16. The lowest BCUT2D eigenvalue weighted by Gasteiger charge is -2.60. The zero-order valence-electron chi connectivity index (χ0n) is 13.4. The third-order valence-electron chi connectivity index (χ3n) is 5.20. The normalized spacial score (nSPS) is 27.0. The number of ether oxygens (including phenoxy) is 1. The van der Waals surface area contributed by atoms with Crippen LogP contribution in [0.15, 0.2) is 23.7 Å². The number of aliphatic hydroxyl groups is 1. The van der Waals surface area contributed by atoms with Gasteiger partial charge < -0.3 is 15.2 Å². The summed E-state index contributed by atoms with van der Waals surface area (Å²) in [5.41, 5.74) is 1.83. The Kier molecular flexibility index (Phi) is 4.25. The maximum atomic E-state index is 9.94. The van der Waals surface area contributed by atoms with Gasteiger partial charge in [-0.05, 0) is 36.4 Å². The van der Waals surface area contributed by atoms with E-state index in [1.54, 1.807) is 11.3 Å². The van der Waals surface area contributed by atoms with Crippen molar-refractivity contribution in [2.75, 3.05) is 13.2 Å². The minimum Gasteiger partial charge on any atom is -0.394 e. The summed E-state index contributed by atoms with van der Waals surface area (Å²) in [6, 6.07) is 4.21. The summed E-state index contributed by atoms with van der Waals surface area (Å²) in [5, 5.41) is 15.6. The van der Waals surface area contributed by atoms with Crippen molar-refractivity contribution in [2.24, 2.45) is 5.41 Å². The Balaban J connectivity index is 1.71. The molecule has 2 atom stereocenters. The van der Waals surface area contributed by atoms with E-state index in [4.69, 9.17) is 4.74 Å². The number of aliphatic hydroxyl groups excluding tert-OH is 1. The first-order chi connectivity index (χ1) is 10.5. The second-order valence-corrected chi connectivity index (χ2v) is 7.56. The smallest absolute Gasteiger partial charge is 0.0809 e. The highest BCUT2D eigenvalue weighted by atomic mass is 32.1. The molecule has 1 aliphatic rings. The third kappa shape index (κ3) is 2.46. The van der Waals surface area contributed by atoms with Crippen LogP contribution in [0.5, 0.6) is 0 Å². The zero-order valence-corrected chi connectivity index (χ0v) is 14.2. The molecule has 4 nitrogen and oxygen atoms in total. The Labute approximate surface area is 135 Å². The summed E-state index contributed by atoms with van der Waals surface area (Å²) >= 11 is 1.71. The molecule has 2 aromatic rings. The average Bonchev–Trinajstić information content (AvgIpc) is 2.97. The fourth-order valence-electron chi connectivity index (χ4n) is 3.36. The van der Waals surface area contributed by atoms with Gasteiger partial charge in [0.25, 0.3) is 0 Å². The number of rotatable bonds is 6. The molecule has 2 N–H and O–H groups in total. The predicted octanol–water partition coefficient (Wildman–Crippen LogP) is 2.95. The van der Waals surface area contributed by atoms with Crippen LogP contribution in [0, 0.1) is 5.41 Å². The van der Waals surface area contributed by atoms with Crippen LogP contribution in [0.3, 0.4) is 0 Å². The Morgan fingerprint density at radius 3 is 3.00 bits per heavy atom. The first-order valence-electron chi connectivity index (χ1n) is 7.82. The van der Waals surface area contributed by atoms with Crippen molar-refractivity contribution in [2.45, 2.75) is 45.4 Å². The van der Waals surface area contributed by atoms with Crippen LogP contribution >= 0.6 is 11.3 Å². The van der Waals surface area contributed by atoms with Crippen molar-refractivity contribution in [1.29, 1.82) is 0 Å². The van der Waals surface area contributed by atoms with Gasteiger partial charge in [0.1, 0.15) is 0 Å². The lowest BCUT2D eigenvalue weighted by atomic mass is 9.54. The van der Waals surface area contributed by atoms with Crippen molar-refractivity contribution in [3.8, 4) is 0 Å². The molecule has 0 amide bonds. The summed E-state index contributed by atoms with van der Waals surface area (Å²) in [4.78, 5) is 4.48.